The SMILES string of the molecule is CCOCC(O)CN(Cc1c(-c2ccccc2)nn(C)c1Oc1ccccc1F)CC1CCCO1. The van der Waals surface area contributed by atoms with Gasteiger partial charge in [-0.05, 0) is 31.9 Å². The number of benzene rings is 2. The van der Waals surface area contributed by atoms with Gasteiger partial charge in [-0.1, -0.05) is 42.5 Å². The molecule has 0 amide bonds. The first-order valence-electron chi connectivity index (χ1n) is 12.2. The lowest BCUT2D eigenvalue weighted by atomic mass is 10.1. The summed E-state index contributed by atoms with van der Waals surface area (Å²) >= 11 is 0. The van der Waals surface area contributed by atoms with E-state index in [1.165, 1.54) is 6.07 Å². The quantitative estimate of drug-likeness (QED) is 0.412. The van der Waals surface area contributed by atoms with Gasteiger partial charge in [-0.2, -0.15) is 5.10 Å². The molecule has 2 aromatic carbocycles. The number of ether oxygens (including phenoxy) is 3. The number of hydrogen-bond donors (Lipinski definition) is 1. The minimum Gasteiger partial charge on any atom is -0.436 e. The Hall–Kier alpha value is -2.78. The number of rotatable bonds is 12. The number of hydrogen-bond acceptors (Lipinski definition) is 6. The van der Waals surface area contributed by atoms with E-state index >= 15 is 0 Å². The zero-order chi connectivity index (χ0) is 24.6. The molecule has 1 aliphatic heterocycles. The number of para-hydroxylation sites is 1. The highest BCUT2D eigenvalue weighted by Crippen LogP contribution is 2.35. The minimum atomic E-state index is -0.649. The fourth-order valence-electron chi connectivity index (χ4n) is 4.39. The Morgan fingerprint density at radius 3 is 2.69 bits per heavy atom. The number of halogens is 1. The van der Waals surface area contributed by atoms with Crippen molar-refractivity contribution >= 4 is 0 Å². The van der Waals surface area contributed by atoms with Crippen LogP contribution >= 0.6 is 0 Å². The number of aliphatic hydroxyl groups excluding tert-OH is 1. The summed E-state index contributed by atoms with van der Waals surface area (Å²) in [6.07, 6.45) is 1.46. The Bertz CT molecular complexity index is 1070. The van der Waals surface area contributed by atoms with Crippen molar-refractivity contribution < 1.29 is 23.7 Å². The molecule has 1 saturated heterocycles. The van der Waals surface area contributed by atoms with Gasteiger partial charge in [0.25, 0.3) is 0 Å². The lowest BCUT2D eigenvalue weighted by molar-refractivity contribution is 0.00505. The molecule has 1 aliphatic rings. The number of aromatic nitrogens is 2. The number of aliphatic hydroxyl groups is 1. The highest BCUT2D eigenvalue weighted by molar-refractivity contribution is 5.65. The molecule has 2 heterocycles. The molecule has 0 spiro atoms. The lowest BCUT2D eigenvalue weighted by Gasteiger charge is -2.27. The Morgan fingerprint density at radius 2 is 1.97 bits per heavy atom. The molecule has 8 heteroatoms. The molecule has 0 aliphatic carbocycles. The van der Waals surface area contributed by atoms with E-state index in [1.54, 1.807) is 29.9 Å². The van der Waals surface area contributed by atoms with Crippen LogP contribution in [-0.2, 0) is 23.1 Å². The molecule has 35 heavy (non-hydrogen) atoms. The summed E-state index contributed by atoms with van der Waals surface area (Å²) in [6, 6.07) is 16.2. The van der Waals surface area contributed by atoms with Crippen molar-refractivity contribution in [1.82, 2.24) is 14.7 Å². The van der Waals surface area contributed by atoms with E-state index in [9.17, 15) is 9.50 Å². The van der Waals surface area contributed by atoms with Crippen LogP contribution in [0.15, 0.2) is 54.6 Å². The van der Waals surface area contributed by atoms with Gasteiger partial charge in [0.1, 0.15) is 5.69 Å². The first-order chi connectivity index (χ1) is 17.0. The van der Waals surface area contributed by atoms with Gasteiger partial charge in [-0.15, -0.1) is 0 Å². The van der Waals surface area contributed by atoms with Gasteiger partial charge in [0.05, 0.1) is 24.4 Å². The van der Waals surface area contributed by atoms with Gasteiger partial charge in [0, 0.05) is 45.5 Å². The molecule has 1 N–H and O–H groups in total. The van der Waals surface area contributed by atoms with Gasteiger partial charge < -0.3 is 19.3 Å². The molecule has 3 aromatic rings. The third-order valence-electron chi connectivity index (χ3n) is 6.03. The second kappa shape index (κ2) is 12.3. The average molecular weight is 484 g/mol. The maximum Gasteiger partial charge on any atom is 0.222 e. The molecule has 2 atom stereocenters. The topological polar surface area (TPSA) is 69.0 Å². The number of aryl methyl sites for hydroxylation is 1. The van der Waals surface area contributed by atoms with Crippen LogP contribution in [0.3, 0.4) is 0 Å². The molecular formula is C27H34FN3O4. The molecule has 0 radical (unpaired) electrons. The largest absolute Gasteiger partial charge is 0.436 e. The van der Waals surface area contributed by atoms with Crippen LogP contribution in [0.25, 0.3) is 11.3 Å². The molecule has 2 unspecified atom stereocenters. The fraction of sp³-hybridized carbons (Fsp3) is 0.444. The van der Waals surface area contributed by atoms with Crippen LogP contribution in [0.4, 0.5) is 4.39 Å². The standard InChI is InChI=1S/C27H34FN3O4/c1-3-33-19-21(32)16-31(17-22-12-9-15-34-22)18-23-26(20-10-5-4-6-11-20)29-30(2)27(23)35-25-14-8-7-13-24(25)28/h4-8,10-11,13-14,21-22,32H,3,9,12,15-19H2,1-2H3. The van der Waals surface area contributed by atoms with Crippen molar-refractivity contribution in [3.8, 4) is 22.9 Å². The van der Waals surface area contributed by atoms with Crippen molar-refractivity contribution in [2.24, 2.45) is 7.05 Å². The molecule has 4 rings (SSSR count). The van der Waals surface area contributed by atoms with E-state index in [0.29, 0.717) is 32.1 Å². The van der Waals surface area contributed by atoms with Gasteiger partial charge in [0.15, 0.2) is 11.6 Å². The van der Waals surface area contributed by atoms with Gasteiger partial charge in [-0.3, -0.25) is 4.90 Å². The van der Waals surface area contributed by atoms with Crippen molar-refractivity contribution in [2.75, 3.05) is 32.9 Å². The van der Waals surface area contributed by atoms with Crippen molar-refractivity contribution in [1.29, 1.82) is 0 Å². The molecule has 7 nitrogen and oxygen atoms in total. The highest BCUT2D eigenvalue weighted by atomic mass is 19.1. The first kappa shape index (κ1) is 25.3. The maximum atomic E-state index is 14.5. The second-order valence-electron chi connectivity index (χ2n) is 8.80. The summed E-state index contributed by atoms with van der Waals surface area (Å²) in [5.41, 5.74) is 2.52. The summed E-state index contributed by atoms with van der Waals surface area (Å²) in [5.74, 6) is 0.160. The Kier molecular flexibility index (Phi) is 8.87. The molecular weight excluding hydrogens is 449 g/mol. The van der Waals surface area contributed by atoms with E-state index in [4.69, 9.17) is 19.3 Å². The predicted octanol–water partition coefficient (Wildman–Crippen LogP) is 4.40. The smallest absolute Gasteiger partial charge is 0.222 e. The lowest BCUT2D eigenvalue weighted by Crippen LogP contribution is -2.39. The van der Waals surface area contributed by atoms with Gasteiger partial charge in [0.2, 0.25) is 5.88 Å². The highest BCUT2D eigenvalue weighted by Gasteiger charge is 2.26. The van der Waals surface area contributed by atoms with Crippen LogP contribution in [0, 0.1) is 5.82 Å². The van der Waals surface area contributed by atoms with E-state index in [0.717, 1.165) is 36.3 Å². The maximum absolute atomic E-state index is 14.5. The van der Waals surface area contributed by atoms with Crippen LogP contribution in [0.5, 0.6) is 11.6 Å². The van der Waals surface area contributed by atoms with Crippen molar-refractivity contribution in [2.45, 2.75) is 38.5 Å². The monoisotopic (exact) mass is 483 g/mol. The van der Waals surface area contributed by atoms with Crippen LogP contribution in [0.1, 0.15) is 25.3 Å². The molecule has 1 aromatic heterocycles. The van der Waals surface area contributed by atoms with Crippen molar-refractivity contribution in [3.63, 3.8) is 0 Å². The van der Waals surface area contributed by atoms with E-state index in [2.05, 4.69) is 4.90 Å². The van der Waals surface area contributed by atoms with Gasteiger partial charge >= 0.3 is 0 Å². The summed E-state index contributed by atoms with van der Waals surface area (Å²) in [5, 5.41) is 15.4. The third-order valence-corrected chi connectivity index (χ3v) is 6.03. The molecule has 0 bridgehead atoms. The minimum absolute atomic E-state index is 0.0991. The van der Waals surface area contributed by atoms with E-state index in [1.807, 2.05) is 37.3 Å². The normalized spacial score (nSPS) is 16.7. The summed E-state index contributed by atoms with van der Waals surface area (Å²) < 4.78 is 33.5. The molecule has 188 valence electrons. The summed E-state index contributed by atoms with van der Waals surface area (Å²) in [7, 11) is 1.79. The summed E-state index contributed by atoms with van der Waals surface area (Å²) in [6.45, 7) is 4.98. The predicted molar refractivity (Wildman–Crippen MR) is 132 cm³/mol. The number of nitrogens with zero attached hydrogens (tertiary/aromatic N) is 3. The Balaban J connectivity index is 1.68. The Morgan fingerprint density at radius 1 is 1.20 bits per heavy atom. The zero-order valence-corrected chi connectivity index (χ0v) is 20.4. The summed E-state index contributed by atoms with van der Waals surface area (Å²) in [4.78, 5) is 2.15. The van der Waals surface area contributed by atoms with Crippen LogP contribution in [0.2, 0.25) is 0 Å². The zero-order valence-electron chi connectivity index (χ0n) is 20.4. The fourth-order valence-corrected chi connectivity index (χ4v) is 4.39. The Labute approximate surface area is 206 Å². The molecule has 0 saturated carbocycles. The van der Waals surface area contributed by atoms with E-state index in [-0.39, 0.29) is 18.5 Å². The first-order valence-corrected chi connectivity index (χ1v) is 12.2. The average Bonchev–Trinajstić information content (AvgIpc) is 3.48. The molecule has 1 fully saturated rings. The van der Waals surface area contributed by atoms with Crippen LogP contribution < -0.4 is 4.74 Å². The van der Waals surface area contributed by atoms with Crippen LogP contribution in [-0.4, -0.2) is 64.9 Å². The second-order valence-corrected chi connectivity index (χ2v) is 8.80. The van der Waals surface area contributed by atoms with Crippen molar-refractivity contribution in [3.05, 3.63) is 66.0 Å². The van der Waals surface area contributed by atoms with Gasteiger partial charge in [-0.25, -0.2) is 9.07 Å². The third kappa shape index (κ3) is 6.67. The van der Waals surface area contributed by atoms with E-state index < -0.39 is 11.9 Å².